The number of hydrogen-bond donors (Lipinski definition) is 1. The molecule has 1 N–H and O–H groups in total. The Morgan fingerprint density at radius 2 is 1.71 bits per heavy atom. The van der Waals surface area contributed by atoms with Crippen LogP contribution in [-0.4, -0.2) is 8.42 Å². The van der Waals surface area contributed by atoms with Crippen LogP contribution in [0.2, 0.25) is 0 Å². The number of rotatable bonds is 5. The van der Waals surface area contributed by atoms with Crippen molar-refractivity contribution in [1.82, 2.24) is 4.72 Å². The van der Waals surface area contributed by atoms with Gasteiger partial charge in [-0.05, 0) is 29.3 Å². The molecular weight excluding hydrogens is 364 g/mol. The van der Waals surface area contributed by atoms with E-state index in [1.807, 2.05) is 18.2 Å². The summed E-state index contributed by atoms with van der Waals surface area (Å²) in [7, 11) is -3.89. The smallest absolute Gasteiger partial charge is 0.207 e. The SMILES string of the molecule is O=S(=O)(NCc1cccc(CBr)c1)c1ccc(F)c(F)c1. The van der Waals surface area contributed by atoms with Crippen molar-refractivity contribution in [3.63, 3.8) is 0 Å². The van der Waals surface area contributed by atoms with Crippen LogP contribution in [-0.2, 0) is 21.9 Å². The van der Waals surface area contributed by atoms with E-state index in [-0.39, 0.29) is 11.4 Å². The highest BCUT2D eigenvalue weighted by Crippen LogP contribution is 2.15. The first-order chi connectivity index (χ1) is 9.92. The number of halogens is 3. The van der Waals surface area contributed by atoms with Gasteiger partial charge in [-0.15, -0.1) is 0 Å². The van der Waals surface area contributed by atoms with Crippen LogP contribution in [0.4, 0.5) is 8.78 Å². The Hall–Kier alpha value is -1.31. The Balaban J connectivity index is 2.15. The van der Waals surface area contributed by atoms with E-state index in [4.69, 9.17) is 0 Å². The molecule has 0 heterocycles. The fourth-order valence-corrected chi connectivity index (χ4v) is 3.11. The highest BCUT2D eigenvalue weighted by Gasteiger charge is 2.16. The molecule has 0 amide bonds. The molecule has 2 aromatic carbocycles. The molecule has 0 radical (unpaired) electrons. The Bertz CT molecular complexity index is 750. The van der Waals surface area contributed by atoms with Crippen molar-refractivity contribution in [2.24, 2.45) is 0 Å². The summed E-state index contributed by atoms with van der Waals surface area (Å²) in [5.41, 5.74) is 1.79. The normalized spacial score (nSPS) is 11.6. The van der Waals surface area contributed by atoms with Crippen molar-refractivity contribution in [1.29, 1.82) is 0 Å². The molecule has 2 aromatic rings. The maximum atomic E-state index is 13.1. The fourth-order valence-electron chi connectivity index (χ4n) is 1.73. The molecule has 0 fully saturated rings. The van der Waals surface area contributed by atoms with Crippen LogP contribution in [0.25, 0.3) is 0 Å². The molecule has 0 saturated carbocycles. The van der Waals surface area contributed by atoms with E-state index in [1.54, 1.807) is 6.07 Å². The van der Waals surface area contributed by atoms with Gasteiger partial charge in [-0.25, -0.2) is 21.9 Å². The number of sulfonamides is 1. The van der Waals surface area contributed by atoms with Gasteiger partial charge in [0.05, 0.1) is 4.90 Å². The molecule has 0 aromatic heterocycles. The molecule has 0 spiro atoms. The Morgan fingerprint density at radius 3 is 2.38 bits per heavy atom. The van der Waals surface area contributed by atoms with Crippen molar-refractivity contribution in [3.8, 4) is 0 Å². The number of hydrogen-bond acceptors (Lipinski definition) is 2. The lowest BCUT2D eigenvalue weighted by Crippen LogP contribution is -2.23. The van der Waals surface area contributed by atoms with Gasteiger partial charge >= 0.3 is 0 Å². The van der Waals surface area contributed by atoms with Gasteiger partial charge in [0, 0.05) is 11.9 Å². The summed E-state index contributed by atoms with van der Waals surface area (Å²) in [6, 6.07) is 9.82. The largest absolute Gasteiger partial charge is 0.240 e. The molecule has 0 unspecified atom stereocenters. The second-order valence-corrected chi connectivity index (χ2v) is 6.68. The van der Waals surface area contributed by atoms with E-state index in [9.17, 15) is 17.2 Å². The third-order valence-electron chi connectivity index (χ3n) is 2.81. The molecule has 112 valence electrons. The molecule has 0 aliphatic carbocycles. The Kier molecular flexibility index (Phi) is 5.08. The zero-order valence-corrected chi connectivity index (χ0v) is 13.2. The predicted octanol–water partition coefficient (Wildman–Crippen LogP) is 3.34. The molecule has 21 heavy (non-hydrogen) atoms. The third kappa shape index (κ3) is 4.09. The molecule has 0 aliphatic rings. The predicted molar refractivity (Wildman–Crippen MR) is 79.5 cm³/mol. The summed E-state index contributed by atoms with van der Waals surface area (Å²) in [6.07, 6.45) is 0. The quantitative estimate of drug-likeness (QED) is 0.814. The number of benzene rings is 2. The second kappa shape index (κ2) is 6.64. The average Bonchev–Trinajstić information content (AvgIpc) is 2.48. The highest BCUT2D eigenvalue weighted by molar-refractivity contribution is 9.08. The first kappa shape index (κ1) is 16.1. The minimum atomic E-state index is -3.89. The summed E-state index contributed by atoms with van der Waals surface area (Å²) < 4.78 is 52.3. The highest BCUT2D eigenvalue weighted by atomic mass is 79.9. The van der Waals surface area contributed by atoms with Gasteiger partial charge in [0.2, 0.25) is 10.0 Å². The lowest BCUT2D eigenvalue weighted by molar-refractivity contribution is 0.504. The van der Waals surface area contributed by atoms with Crippen LogP contribution < -0.4 is 4.72 Å². The van der Waals surface area contributed by atoms with E-state index in [0.717, 1.165) is 23.3 Å². The van der Waals surface area contributed by atoms with Gasteiger partial charge in [-0.2, -0.15) is 0 Å². The van der Waals surface area contributed by atoms with Gasteiger partial charge in [-0.3, -0.25) is 0 Å². The summed E-state index contributed by atoms with van der Waals surface area (Å²) in [4.78, 5) is -0.307. The minimum absolute atomic E-state index is 0.0716. The van der Waals surface area contributed by atoms with Crippen LogP contribution in [0.15, 0.2) is 47.4 Å². The van der Waals surface area contributed by atoms with Crippen LogP contribution in [0, 0.1) is 11.6 Å². The number of alkyl halides is 1. The number of nitrogens with one attached hydrogen (secondary N) is 1. The summed E-state index contributed by atoms with van der Waals surface area (Å²) in [5, 5.41) is 0.663. The first-order valence-corrected chi connectivity index (χ1v) is 8.61. The standard InChI is InChI=1S/C14H12BrF2NO2S/c15-8-10-2-1-3-11(6-10)9-18-21(19,20)12-4-5-13(16)14(17)7-12/h1-7,18H,8-9H2. The van der Waals surface area contributed by atoms with E-state index in [2.05, 4.69) is 20.7 Å². The Labute approximate surface area is 130 Å². The molecular formula is C14H12BrF2NO2S. The van der Waals surface area contributed by atoms with Gasteiger partial charge in [0.1, 0.15) is 0 Å². The van der Waals surface area contributed by atoms with Gasteiger partial charge in [-0.1, -0.05) is 40.2 Å². The van der Waals surface area contributed by atoms with Gasteiger partial charge in [0.25, 0.3) is 0 Å². The lowest BCUT2D eigenvalue weighted by atomic mass is 10.1. The molecule has 0 atom stereocenters. The first-order valence-electron chi connectivity index (χ1n) is 6.01. The zero-order valence-electron chi connectivity index (χ0n) is 10.8. The maximum Gasteiger partial charge on any atom is 0.240 e. The van der Waals surface area contributed by atoms with Crippen LogP contribution in [0.1, 0.15) is 11.1 Å². The molecule has 2 rings (SSSR count). The van der Waals surface area contributed by atoms with Crippen molar-refractivity contribution in [2.75, 3.05) is 0 Å². The topological polar surface area (TPSA) is 46.2 Å². The van der Waals surface area contributed by atoms with Crippen LogP contribution >= 0.6 is 15.9 Å². The summed E-state index contributed by atoms with van der Waals surface area (Å²) in [6.45, 7) is 0.0716. The average molecular weight is 376 g/mol. The second-order valence-electron chi connectivity index (χ2n) is 4.35. The lowest BCUT2D eigenvalue weighted by Gasteiger charge is -2.08. The van der Waals surface area contributed by atoms with Crippen LogP contribution in [0.3, 0.4) is 0 Å². The van der Waals surface area contributed by atoms with Gasteiger partial charge in [0.15, 0.2) is 11.6 Å². The minimum Gasteiger partial charge on any atom is -0.207 e. The van der Waals surface area contributed by atoms with E-state index < -0.39 is 21.7 Å². The molecule has 0 bridgehead atoms. The van der Waals surface area contributed by atoms with Crippen molar-refractivity contribution in [2.45, 2.75) is 16.8 Å². The van der Waals surface area contributed by atoms with E-state index in [0.29, 0.717) is 11.4 Å². The third-order valence-corrected chi connectivity index (χ3v) is 4.86. The Morgan fingerprint density at radius 1 is 1.00 bits per heavy atom. The zero-order chi connectivity index (χ0) is 15.5. The molecule has 0 saturated heterocycles. The monoisotopic (exact) mass is 375 g/mol. The fraction of sp³-hybridized carbons (Fsp3) is 0.143. The molecule has 3 nitrogen and oxygen atoms in total. The van der Waals surface area contributed by atoms with E-state index >= 15 is 0 Å². The molecule has 0 aliphatic heterocycles. The summed E-state index contributed by atoms with van der Waals surface area (Å²) in [5.74, 6) is -2.28. The summed E-state index contributed by atoms with van der Waals surface area (Å²) >= 11 is 3.32. The molecule has 7 heteroatoms. The van der Waals surface area contributed by atoms with Crippen molar-refractivity contribution in [3.05, 3.63) is 65.2 Å². The van der Waals surface area contributed by atoms with Crippen molar-refractivity contribution < 1.29 is 17.2 Å². The van der Waals surface area contributed by atoms with Crippen molar-refractivity contribution >= 4 is 26.0 Å². The van der Waals surface area contributed by atoms with Crippen LogP contribution in [0.5, 0.6) is 0 Å². The maximum absolute atomic E-state index is 13.1. The van der Waals surface area contributed by atoms with E-state index in [1.165, 1.54) is 0 Å². The van der Waals surface area contributed by atoms with Gasteiger partial charge < -0.3 is 0 Å².